The number of likely N-dealkylation sites (tertiary alicyclic amines) is 1. The number of likely N-dealkylation sites (N-methyl/N-ethyl adjacent to an activating group) is 1. The van der Waals surface area contributed by atoms with E-state index in [4.69, 9.17) is 0 Å². The Morgan fingerprint density at radius 1 is 1.14 bits per heavy atom. The van der Waals surface area contributed by atoms with Gasteiger partial charge in [-0.05, 0) is 38.8 Å². The van der Waals surface area contributed by atoms with E-state index < -0.39 is 0 Å². The van der Waals surface area contributed by atoms with Gasteiger partial charge in [0.25, 0.3) is 0 Å². The van der Waals surface area contributed by atoms with Gasteiger partial charge in [0.15, 0.2) is 0 Å². The van der Waals surface area contributed by atoms with Gasteiger partial charge in [-0.25, -0.2) is 0 Å². The van der Waals surface area contributed by atoms with E-state index in [-0.39, 0.29) is 0 Å². The SMILES string of the molecule is CCN1CCC[C@H]1CNC1CCCC1. The first-order valence-corrected chi connectivity index (χ1v) is 6.37. The van der Waals surface area contributed by atoms with Crippen LogP contribution in [0.5, 0.6) is 0 Å². The van der Waals surface area contributed by atoms with Gasteiger partial charge in [-0.2, -0.15) is 0 Å². The molecule has 0 unspecified atom stereocenters. The number of hydrogen-bond donors (Lipinski definition) is 1. The molecule has 0 amide bonds. The minimum atomic E-state index is 0.834. The number of nitrogens with zero attached hydrogens (tertiary/aromatic N) is 1. The van der Waals surface area contributed by atoms with Crippen LogP contribution in [0.1, 0.15) is 45.4 Å². The van der Waals surface area contributed by atoms with Gasteiger partial charge in [0.2, 0.25) is 0 Å². The molecule has 2 rings (SSSR count). The lowest BCUT2D eigenvalue weighted by atomic mass is 10.2. The predicted octanol–water partition coefficient (Wildman–Crippen LogP) is 2.00. The average molecular weight is 196 g/mol. The first-order chi connectivity index (χ1) is 6.90. The van der Waals surface area contributed by atoms with Gasteiger partial charge in [0, 0.05) is 18.6 Å². The number of nitrogens with one attached hydrogen (secondary N) is 1. The van der Waals surface area contributed by atoms with Crippen LogP contribution in [-0.2, 0) is 0 Å². The highest BCUT2D eigenvalue weighted by atomic mass is 15.2. The summed E-state index contributed by atoms with van der Waals surface area (Å²) >= 11 is 0. The summed E-state index contributed by atoms with van der Waals surface area (Å²) in [4.78, 5) is 2.63. The van der Waals surface area contributed by atoms with E-state index in [2.05, 4.69) is 17.1 Å². The third-order valence-corrected chi connectivity index (χ3v) is 3.90. The fourth-order valence-electron chi connectivity index (χ4n) is 2.98. The van der Waals surface area contributed by atoms with Gasteiger partial charge in [-0.15, -0.1) is 0 Å². The van der Waals surface area contributed by atoms with Gasteiger partial charge >= 0.3 is 0 Å². The van der Waals surface area contributed by atoms with Crippen LogP contribution >= 0.6 is 0 Å². The summed E-state index contributed by atoms with van der Waals surface area (Å²) in [5.74, 6) is 0. The van der Waals surface area contributed by atoms with E-state index in [9.17, 15) is 0 Å². The third kappa shape index (κ3) is 2.48. The summed E-state index contributed by atoms with van der Waals surface area (Å²) in [6.07, 6.45) is 8.54. The van der Waals surface area contributed by atoms with E-state index >= 15 is 0 Å². The largest absolute Gasteiger partial charge is 0.312 e. The molecule has 0 aromatic heterocycles. The molecule has 2 heteroatoms. The maximum atomic E-state index is 3.75. The molecule has 0 aromatic rings. The van der Waals surface area contributed by atoms with Crippen molar-refractivity contribution in [3.8, 4) is 0 Å². The molecule has 1 heterocycles. The number of rotatable bonds is 4. The maximum Gasteiger partial charge on any atom is 0.0221 e. The van der Waals surface area contributed by atoms with E-state index in [0.29, 0.717) is 0 Å². The van der Waals surface area contributed by atoms with Crippen molar-refractivity contribution in [2.75, 3.05) is 19.6 Å². The van der Waals surface area contributed by atoms with Crippen LogP contribution in [0.4, 0.5) is 0 Å². The van der Waals surface area contributed by atoms with Crippen LogP contribution in [-0.4, -0.2) is 36.6 Å². The van der Waals surface area contributed by atoms with Crippen LogP contribution in [0.3, 0.4) is 0 Å². The van der Waals surface area contributed by atoms with Crippen LogP contribution in [0.15, 0.2) is 0 Å². The van der Waals surface area contributed by atoms with Crippen molar-refractivity contribution in [2.24, 2.45) is 0 Å². The Labute approximate surface area is 88.1 Å². The van der Waals surface area contributed by atoms with Crippen molar-refractivity contribution in [2.45, 2.75) is 57.5 Å². The lowest BCUT2D eigenvalue weighted by Crippen LogP contribution is -2.40. The molecule has 0 bridgehead atoms. The first-order valence-electron chi connectivity index (χ1n) is 6.37. The van der Waals surface area contributed by atoms with Crippen molar-refractivity contribution in [1.29, 1.82) is 0 Å². The Balaban J connectivity index is 1.68. The molecule has 1 saturated heterocycles. The molecule has 1 saturated carbocycles. The summed E-state index contributed by atoms with van der Waals surface area (Å²) in [7, 11) is 0. The summed E-state index contributed by atoms with van der Waals surface area (Å²) in [5.41, 5.74) is 0. The third-order valence-electron chi connectivity index (χ3n) is 3.90. The molecule has 2 fully saturated rings. The van der Waals surface area contributed by atoms with E-state index in [0.717, 1.165) is 12.1 Å². The Kier molecular flexibility index (Phi) is 3.82. The van der Waals surface area contributed by atoms with Gasteiger partial charge in [-0.3, -0.25) is 4.90 Å². The molecule has 1 atom stereocenters. The van der Waals surface area contributed by atoms with Crippen LogP contribution in [0.25, 0.3) is 0 Å². The summed E-state index contributed by atoms with van der Waals surface area (Å²) in [5, 5.41) is 3.75. The van der Waals surface area contributed by atoms with Crippen LogP contribution in [0, 0.1) is 0 Å². The van der Waals surface area contributed by atoms with Crippen molar-refractivity contribution < 1.29 is 0 Å². The first kappa shape index (κ1) is 10.4. The van der Waals surface area contributed by atoms with E-state index in [1.54, 1.807) is 0 Å². The predicted molar refractivity (Wildman–Crippen MR) is 60.5 cm³/mol. The monoisotopic (exact) mass is 196 g/mol. The molecule has 2 aliphatic rings. The Morgan fingerprint density at radius 3 is 2.64 bits per heavy atom. The topological polar surface area (TPSA) is 15.3 Å². The molecule has 1 N–H and O–H groups in total. The quantitative estimate of drug-likeness (QED) is 0.740. The lowest BCUT2D eigenvalue weighted by Gasteiger charge is -2.24. The minimum Gasteiger partial charge on any atom is -0.312 e. The van der Waals surface area contributed by atoms with Gasteiger partial charge in [-0.1, -0.05) is 19.8 Å². The van der Waals surface area contributed by atoms with Crippen molar-refractivity contribution in [3.05, 3.63) is 0 Å². The standard InChI is InChI=1S/C12H24N2/c1-2-14-9-5-8-12(14)10-13-11-6-3-4-7-11/h11-13H,2-10H2,1H3/t12-/m0/s1. The highest BCUT2D eigenvalue weighted by Gasteiger charge is 2.24. The van der Waals surface area contributed by atoms with Crippen LogP contribution in [0.2, 0.25) is 0 Å². The fourth-order valence-corrected chi connectivity index (χ4v) is 2.98. The molecule has 0 spiro atoms. The summed E-state index contributed by atoms with van der Waals surface area (Å²) in [6.45, 7) is 6.08. The second kappa shape index (κ2) is 5.13. The van der Waals surface area contributed by atoms with Crippen molar-refractivity contribution in [1.82, 2.24) is 10.2 Å². The Hall–Kier alpha value is -0.0800. The highest BCUT2D eigenvalue weighted by Crippen LogP contribution is 2.20. The zero-order valence-electron chi connectivity index (χ0n) is 9.47. The lowest BCUT2D eigenvalue weighted by molar-refractivity contribution is 0.254. The summed E-state index contributed by atoms with van der Waals surface area (Å²) in [6, 6.07) is 1.68. The molecular weight excluding hydrogens is 172 g/mol. The highest BCUT2D eigenvalue weighted by molar-refractivity contribution is 4.83. The van der Waals surface area contributed by atoms with E-state index in [1.165, 1.54) is 58.2 Å². The van der Waals surface area contributed by atoms with Crippen molar-refractivity contribution in [3.63, 3.8) is 0 Å². The van der Waals surface area contributed by atoms with Gasteiger partial charge in [0.05, 0.1) is 0 Å². The molecule has 2 nitrogen and oxygen atoms in total. The van der Waals surface area contributed by atoms with E-state index in [1.807, 2.05) is 0 Å². The molecule has 82 valence electrons. The molecule has 14 heavy (non-hydrogen) atoms. The average Bonchev–Trinajstić information content (AvgIpc) is 2.85. The molecular formula is C12H24N2. The second-order valence-corrected chi connectivity index (χ2v) is 4.81. The Bertz CT molecular complexity index is 164. The zero-order chi connectivity index (χ0) is 9.80. The zero-order valence-corrected chi connectivity index (χ0v) is 9.47. The van der Waals surface area contributed by atoms with Crippen LogP contribution < -0.4 is 5.32 Å². The van der Waals surface area contributed by atoms with Gasteiger partial charge < -0.3 is 5.32 Å². The maximum absolute atomic E-state index is 3.75. The minimum absolute atomic E-state index is 0.834. The molecule has 1 aliphatic carbocycles. The van der Waals surface area contributed by atoms with Gasteiger partial charge in [0.1, 0.15) is 0 Å². The summed E-state index contributed by atoms with van der Waals surface area (Å²) < 4.78 is 0. The Morgan fingerprint density at radius 2 is 1.93 bits per heavy atom. The van der Waals surface area contributed by atoms with Crippen molar-refractivity contribution >= 4 is 0 Å². The molecule has 0 aromatic carbocycles. The normalized spacial score (nSPS) is 30.2. The smallest absolute Gasteiger partial charge is 0.0221 e. The fraction of sp³-hybridized carbons (Fsp3) is 1.00. The second-order valence-electron chi connectivity index (χ2n) is 4.81. The molecule has 0 radical (unpaired) electrons. The molecule has 1 aliphatic heterocycles. The number of hydrogen-bond acceptors (Lipinski definition) is 2.